The fourth-order valence-electron chi connectivity index (χ4n) is 0.129. The van der Waals surface area contributed by atoms with E-state index >= 15 is 0 Å². The van der Waals surface area contributed by atoms with Gasteiger partial charge in [0.05, 0.1) is 0 Å². The topological polar surface area (TPSA) is 74.6 Å². The maximum Gasteiger partial charge on any atom is 0.314 e. The third-order valence-electron chi connectivity index (χ3n) is 0.302. The molecule has 0 aliphatic heterocycles. The van der Waals surface area contributed by atoms with Crippen LogP contribution in [0.25, 0.3) is 0 Å². The summed E-state index contributed by atoms with van der Waals surface area (Å²) in [6.45, 7) is 0. The van der Waals surface area contributed by atoms with Crippen LogP contribution in [0.2, 0.25) is 0 Å². The summed E-state index contributed by atoms with van der Waals surface area (Å²) in [6, 6.07) is 0. The molecule has 0 aliphatic carbocycles. The molecule has 0 fully saturated rings. The van der Waals surface area contributed by atoms with Crippen molar-refractivity contribution in [3.8, 4) is 0 Å². The van der Waals surface area contributed by atoms with Crippen LogP contribution < -0.4 is 0 Å². The molecule has 0 aromatic carbocycles. The number of hydrogen-bond donors (Lipinski definition) is 2. The molecule has 0 aliphatic rings. The van der Waals surface area contributed by atoms with Crippen LogP contribution in [0.15, 0.2) is 0 Å². The van der Waals surface area contributed by atoms with Crippen molar-refractivity contribution in [1.29, 1.82) is 0 Å². The molecule has 0 atom stereocenters. The molecule has 0 aromatic rings. The number of carboxylic acid groups (broad SMARTS) is 2. The smallest absolute Gasteiger partial charge is 0.314 e. The molecule has 4 nitrogen and oxygen atoms in total. The number of rotatable bonds is 2. The van der Waals surface area contributed by atoms with Gasteiger partial charge in [0.15, 0.2) is 0 Å². The first-order valence-electron chi connectivity index (χ1n) is 1.56. The second-order valence-electron chi connectivity index (χ2n) is 0.964. The van der Waals surface area contributed by atoms with Crippen molar-refractivity contribution in [3.05, 3.63) is 0 Å². The minimum atomic E-state index is -1.31. The van der Waals surface area contributed by atoms with Crippen LogP contribution in [0.1, 0.15) is 6.42 Å². The van der Waals surface area contributed by atoms with Crippen molar-refractivity contribution in [3.63, 3.8) is 0 Å². The predicted octanol–water partition coefficient (Wildman–Crippen LogP) is -0.454. The van der Waals surface area contributed by atoms with E-state index in [9.17, 15) is 9.59 Å². The van der Waals surface area contributed by atoms with Crippen molar-refractivity contribution < 1.29 is 61.1 Å². The number of aliphatic carboxylic acids is 2. The summed E-state index contributed by atoms with van der Waals surface area (Å²) in [5.41, 5.74) is 0. The molecule has 0 saturated carbocycles. The van der Waals surface area contributed by atoms with Crippen LogP contribution in [-0.4, -0.2) is 22.2 Å². The average molecular weight is 245 g/mol. The van der Waals surface area contributed by atoms with Gasteiger partial charge in [0.25, 0.3) is 0 Å². The van der Waals surface area contributed by atoms with Crippen LogP contribution in [-0.2, 0) is 9.59 Å². The zero-order valence-electron chi connectivity index (χ0n) is 4.00. The molecule has 43 valence electrons. The fourth-order valence-corrected chi connectivity index (χ4v) is 0.129. The number of hydrogen-bond acceptors (Lipinski definition) is 2. The van der Waals surface area contributed by atoms with E-state index in [4.69, 9.17) is 10.2 Å². The molecular weight excluding hydrogens is 241 g/mol. The summed E-state index contributed by atoms with van der Waals surface area (Å²) in [7, 11) is 0. The molecule has 0 aromatic heterocycles. The maximum atomic E-state index is 9.43. The zero-order chi connectivity index (χ0) is 5.86. The van der Waals surface area contributed by atoms with Crippen LogP contribution in [0.3, 0.4) is 0 Å². The summed E-state index contributed by atoms with van der Waals surface area (Å²) in [4.78, 5) is 18.9. The van der Waals surface area contributed by atoms with E-state index in [2.05, 4.69) is 0 Å². The molecule has 2 N–H and O–H groups in total. The van der Waals surface area contributed by atoms with Crippen LogP contribution in [0.5, 0.6) is 0 Å². The molecular formula is C3H4O4Pr. The Morgan fingerprint density at radius 2 is 1.38 bits per heavy atom. The van der Waals surface area contributed by atoms with E-state index in [1.807, 2.05) is 0 Å². The first kappa shape index (κ1) is 11.1. The Hall–Kier alpha value is 0.304. The molecule has 0 bridgehead atoms. The summed E-state index contributed by atoms with van der Waals surface area (Å²) in [5.74, 6) is -2.62. The Bertz CT molecular complexity index is 87.5. The van der Waals surface area contributed by atoms with Crippen LogP contribution in [0.4, 0.5) is 0 Å². The minimum absolute atomic E-state index is 0. The number of carboxylic acids is 2. The van der Waals surface area contributed by atoms with Crippen molar-refractivity contribution in [2.24, 2.45) is 0 Å². The van der Waals surface area contributed by atoms with Gasteiger partial charge in [-0.15, -0.1) is 0 Å². The van der Waals surface area contributed by atoms with E-state index in [1.165, 1.54) is 0 Å². The van der Waals surface area contributed by atoms with Crippen LogP contribution in [0, 0.1) is 41.3 Å². The summed E-state index contributed by atoms with van der Waals surface area (Å²) >= 11 is 0. The van der Waals surface area contributed by atoms with E-state index in [0.29, 0.717) is 0 Å². The standard InChI is InChI=1S/C3H4O4.Pr/c4-2(5)1-3(6)7;/h1H2,(H,4,5)(H,6,7);. The first-order valence-corrected chi connectivity index (χ1v) is 1.56. The molecule has 0 spiro atoms. The molecule has 5 heteroatoms. The fraction of sp³-hybridized carbons (Fsp3) is 0.333. The third kappa shape index (κ3) is 9.57. The Balaban J connectivity index is 0. The van der Waals surface area contributed by atoms with Gasteiger partial charge in [0.2, 0.25) is 0 Å². The monoisotopic (exact) mass is 245 g/mol. The Labute approximate surface area is 78.8 Å². The second kappa shape index (κ2) is 5.44. The van der Waals surface area contributed by atoms with Gasteiger partial charge in [-0.2, -0.15) is 0 Å². The van der Waals surface area contributed by atoms with Crippen molar-refractivity contribution >= 4 is 11.9 Å². The zero-order valence-corrected chi connectivity index (χ0v) is 7.70. The molecule has 0 unspecified atom stereocenters. The Morgan fingerprint density at radius 3 is 1.38 bits per heavy atom. The van der Waals surface area contributed by atoms with Crippen molar-refractivity contribution in [2.75, 3.05) is 0 Å². The molecule has 8 heavy (non-hydrogen) atoms. The third-order valence-corrected chi connectivity index (χ3v) is 0.302. The first-order chi connectivity index (χ1) is 3.13. The quantitative estimate of drug-likeness (QED) is 0.646. The van der Waals surface area contributed by atoms with Crippen molar-refractivity contribution in [1.82, 2.24) is 0 Å². The molecule has 0 saturated heterocycles. The van der Waals surface area contributed by atoms with Gasteiger partial charge >= 0.3 is 11.9 Å². The van der Waals surface area contributed by atoms with E-state index < -0.39 is 18.4 Å². The molecule has 0 amide bonds. The molecule has 0 rings (SSSR count). The Morgan fingerprint density at radius 1 is 1.12 bits per heavy atom. The van der Waals surface area contributed by atoms with Gasteiger partial charge in [0.1, 0.15) is 6.42 Å². The number of carbonyl (C=O) groups is 2. The maximum absolute atomic E-state index is 9.43. The largest absolute Gasteiger partial charge is 0.481 e. The van der Waals surface area contributed by atoms with E-state index in [-0.39, 0.29) is 41.3 Å². The van der Waals surface area contributed by atoms with Gasteiger partial charge < -0.3 is 10.2 Å². The summed E-state index contributed by atoms with van der Waals surface area (Å²) in [6.07, 6.45) is -0.806. The Kier molecular flexibility index (Phi) is 7.58. The summed E-state index contributed by atoms with van der Waals surface area (Å²) in [5, 5.41) is 15.4. The van der Waals surface area contributed by atoms with Gasteiger partial charge in [-0.3, -0.25) is 9.59 Å². The van der Waals surface area contributed by atoms with Gasteiger partial charge in [0, 0.05) is 41.3 Å². The van der Waals surface area contributed by atoms with Crippen molar-refractivity contribution in [2.45, 2.75) is 6.42 Å². The molecule has 0 heterocycles. The van der Waals surface area contributed by atoms with Gasteiger partial charge in [-0.05, 0) is 0 Å². The SMILES string of the molecule is O=C(O)CC(=O)O.[Pr]. The minimum Gasteiger partial charge on any atom is -0.481 e. The normalized spacial score (nSPS) is 7.00. The van der Waals surface area contributed by atoms with Crippen LogP contribution >= 0.6 is 0 Å². The molecule has 1 radical (unpaired) electrons. The van der Waals surface area contributed by atoms with Gasteiger partial charge in [-0.1, -0.05) is 0 Å². The second-order valence-corrected chi connectivity index (χ2v) is 0.964. The predicted molar refractivity (Wildman–Crippen MR) is 19.9 cm³/mol. The van der Waals surface area contributed by atoms with E-state index in [1.54, 1.807) is 0 Å². The van der Waals surface area contributed by atoms with Gasteiger partial charge in [-0.25, -0.2) is 0 Å². The summed E-state index contributed by atoms with van der Waals surface area (Å²) < 4.78 is 0. The van der Waals surface area contributed by atoms with E-state index in [0.717, 1.165) is 0 Å². The average Bonchev–Trinajstić information content (AvgIpc) is 1.27.